The Morgan fingerprint density at radius 1 is 1.50 bits per heavy atom. The number of rotatable bonds is 4. The predicted octanol–water partition coefficient (Wildman–Crippen LogP) is 1.50. The second-order valence-electron chi connectivity index (χ2n) is 4.30. The van der Waals surface area contributed by atoms with Crippen molar-refractivity contribution in [3.05, 3.63) is 33.8 Å². The van der Waals surface area contributed by atoms with Gasteiger partial charge in [-0.3, -0.25) is 4.79 Å². The molecule has 0 aliphatic carbocycles. The zero-order valence-electron chi connectivity index (χ0n) is 9.62. The van der Waals surface area contributed by atoms with Crippen LogP contribution in [0.15, 0.2) is 18.2 Å². The molecule has 1 aliphatic rings. The van der Waals surface area contributed by atoms with E-state index in [0.717, 1.165) is 0 Å². The number of carbonyl (C=O) groups is 1. The van der Waals surface area contributed by atoms with Crippen LogP contribution in [-0.2, 0) is 4.79 Å². The van der Waals surface area contributed by atoms with E-state index < -0.39 is 6.10 Å². The van der Waals surface area contributed by atoms with Crippen LogP contribution in [0.1, 0.15) is 18.1 Å². The van der Waals surface area contributed by atoms with E-state index in [9.17, 15) is 9.90 Å². The summed E-state index contributed by atoms with van der Waals surface area (Å²) in [6.07, 6.45) is -0.303. The largest absolute Gasteiger partial charge is 0.387 e. The van der Waals surface area contributed by atoms with Gasteiger partial charge in [-0.15, -0.1) is 0 Å². The molecule has 1 fully saturated rings. The lowest BCUT2D eigenvalue weighted by molar-refractivity contribution is -0.119. The van der Waals surface area contributed by atoms with Crippen LogP contribution in [0.5, 0.6) is 0 Å². The summed E-state index contributed by atoms with van der Waals surface area (Å²) in [6, 6.07) is 5.04. The van der Waals surface area contributed by atoms with Gasteiger partial charge in [-0.2, -0.15) is 0 Å². The number of halogens is 2. The smallest absolute Gasteiger partial charge is 0.221 e. The lowest BCUT2D eigenvalue weighted by Gasteiger charge is -2.16. The highest BCUT2D eigenvalue weighted by Crippen LogP contribution is 2.26. The normalized spacial score (nSPS) is 20.8. The summed E-state index contributed by atoms with van der Waals surface area (Å²) in [6.45, 7) is 0.925. The number of nitrogens with one attached hydrogen (secondary N) is 2. The summed E-state index contributed by atoms with van der Waals surface area (Å²) in [4.78, 5) is 11.0. The molecular formula is C12H14Cl2N2O2. The first-order valence-corrected chi connectivity index (χ1v) is 6.45. The summed E-state index contributed by atoms with van der Waals surface area (Å²) in [5.74, 6) is 0.0303. The van der Waals surface area contributed by atoms with Gasteiger partial charge in [0.2, 0.25) is 5.91 Å². The molecule has 2 unspecified atom stereocenters. The van der Waals surface area contributed by atoms with Crippen molar-refractivity contribution in [2.45, 2.75) is 18.6 Å². The fourth-order valence-electron chi connectivity index (χ4n) is 1.91. The van der Waals surface area contributed by atoms with Crippen LogP contribution < -0.4 is 10.6 Å². The molecule has 1 aromatic carbocycles. The van der Waals surface area contributed by atoms with Crippen LogP contribution in [0.4, 0.5) is 0 Å². The second-order valence-corrected chi connectivity index (χ2v) is 5.14. The van der Waals surface area contributed by atoms with E-state index >= 15 is 0 Å². The van der Waals surface area contributed by atoms with Gasteiger partial charge in [-0.1, -0.05) is 23.2 Å². The maximum Gasteiger partial charge on any atom is 0.221 e. The Labute approximate surface area is 115 Å². The van der Waals surface area contributed by atoms with Crippen LogP contribution in [-0.4, -0.2) is 30.1 Å². The van der Waals surface area contributed by atoms with Crippen molar-refractivity contribution in [2.75, 3.05) is 13.1 Å². The monoisotopic (exact) mass is 288 g/mol. The lowest BCUT2D eigenvalue weighted by Crippen LogP contribution is -2.34. The maximum atomic E-state index is 11.0. The van der Waals surface area contributed by atoms with Crippen LogP contribution in [0.3, 0.4) is 0 Å². The number of aliphatic hydroxyl groups is 1. The SMILES string of the molecule is O=C1CC(NCC(O)c2cc(Cl)ccc2Cl)CN1. The molecule has 0 aromatic heterocycles. The molecule has 0 bridgehead atoms. The Kier molecular flexibility index (Phi) is 4.45. The van der Waals surface area contributed by atoms with Gasteiger partial charge < -0.3 is 15.7 Å². The van der Waals surface area contributed by atoms with Crippen LogP contribution >= 0.6 is 23.2 Å². The number of benzene rings is 1. The second kappa shape index (κ2) is 5.89. The van der Waals surface area contributed by atoms with Crippen molar-refractivity contribution >= 4 is 29.1 Å². The molecule has 0 spiro atoms. The first kappa shape index (κ1) is 13.6. The van der Waals surface area contributed by atoms with Crippen LogP contribution in [0, 0.1) is 0 Å². The van der Waals surface area contributed by atoms with E-state index in [-0.39, 0.29) is 11.9 Å². The van der Waals surface area contributed by atoms with Crippen LogP contribution in [0.25, 0.3) is 0 Å². The highest BCUT2D eigenvalue weighted by Gasteiger charge is 2.22. The summed E-state index contributed by atoms with van der Waals surface area (Å²) in [7, 11) is 0. The Bertz CT molecular complexity index is 454. The van der Waals surface area contributed by atoms with E-state index in [2.05, 4.69) is 10.6 Å². The molecule has 0 saturated carbocycles. The molecule has 1 amide bonds. The summed E-state index contributed by atoms with van der Waals surface area (Å²) in [5, 5.41) is 16.9. The molecule has 1 aliphatic heterocycles. The van der Waals surface area contributed by atoms with Gasteiger partial charge in [0.05, 0.1) is 6.10 Å². The number of hydrogen-bond acceptors (Lipinski definition) is 3. The molecule has 1 heterocycles. The number of carbonyl (C=O) groups excluding carboxylic acids is 1. The molecule has 1 saturated heterocycles. The van der Waals surface area contributed by atoms with Gasteiger partial charge in [0, 0.05) is 41.2 Å². The first-order chi connectivity index (χ1) is 8.56. The lowest BCUT2D eigenvalue weighted by atomic mass is 10.1. The van der Waals surface area contributed by atoms with E-state index in [1.54, 1.807) is 18.2 Å². The summed E-state index contributed by atoms with van der Waals surface area (Å²) >= 11 is 11.9. The molecule has 98 valence electrons. The quantitative estimate of drug-likeness (QED) is 0.787. The standard InChI is InChI=1S/C12H14Cl2N2O2/c13-7-1-2-10(14)9(3-7)11(17)6-15-8-4-12(18)16-5-8/h1-3,8,11,15,17H,4-6H2,(H,16,18). The van der Waals surface area contributed by atoms with Gasteiger partial charge in [0.15, 0.2) is 0 Å². The van der Waals surface area contributed by atoms with Gasteiger partial charge >= 0.3 is 0 Å². The summed E-state index contributed by atoms with van der Waals surface area (Å²) in [5.41, 5.74) is 0.592. The van der Waals surface area contributed by atoms with Gasteiger partial charge in [0.25, 0.3) is 0 Å². The topological polar surface area (TPSA) is 61.4 Å². The molecule has 1 aromatic rings. The van der Waals surface area contributed by atoms with Crippen LogP contribution in [0.2, 0.25) is 10.0 Å². The fraction of sp³-hybridized carbons (Fsp3) is 0.417. The Hall–Kier alpha value is -0.810. The molecule has 0 radical (unpaired) electrons. The van der Waals surface area contributed by atoms with Gasteiger partial charge in [-0.25, -0.2) is 0 Å². The Morgan fingerprint density at radius 2 is 2.28 bits per heavy atom. The predicted molar refractivity (Wildman–Crippen MR) is 70.8 cm³/mol. The van der Waals surface area contributed by atoms with E-state index in [1.807, 2.05) is 0 Å². The Morgan fingerprint density at radius 3 is 2.94 bits per heavy atom. The highest BCUT2D eigenvalue weighted by atomic mass is 35.5. The van der Waals surface area contributed by atoms with Crippen molar-refractivity contribution in [2.24, 2.45) is 0 Å². The molecular weight excluding hydrogens is 275 g/mol. The Balaban J connectivity index is 1.93. The van der Waals surface area contributed by atoms with E-state index in [4.69, 9.17) is 23.2 Å². The molecule has 18 heavy (non-hydrogen) atoms. The minimum atomic E-state index is -0.744. The first-order valence-electron chi connectivity index (χ1n) is 5.69. The zero-order chi connectivity index (χ0) is 13.1. The van der Waals surface area contributed by atoms with Crippen molar-refractivity contribution in [3.63, 3.8) is 0 Å². The van der Waals surface area contributed by atoms with Crippen molar-refractivity contribution in [3.8, 4) is 0 Å². The van der Waals surface area contributed by atoms with Crippen molar-refractivity contribution < 1.29 is 9.90 Å². The van der Waals surface area contributed by atoms with Crippen molar-refractivity contribution in [1.29, 1.82) is 0 Å². The van der Waals surface area contributed by atoms with Gasteiger partial charge in [-0.05, 0) is 18.2 Å². The molecule has 2 rings (SSSR count). The van der Waals surface area contributed by atoms with E-state index in [0.29, 0.717) is 35.1 Å². The highest BCUT2D eigenvalue weighted by molar-refractivity contribution is 6.33. The van der Waals surface area contributed by atoms with Crippen molar-refractivity contribution in [1.82, 2.24) is 10.6 Å². The molecule has 3 N–H and O–H groups in total. The molecule has 4 nitrogen and oxygen atoms in total. The van der Waals surface area contributed by atoms with Gasteiger partial charge in [0.1, 0.15) is 0 Å². The van der Waals surface area contributed by atoms with E-state index in [1.165, 1.54) is 0 Å². The maximum absolute atomic E-state index is 11.0. The third kappa shape index (κ3) is 3.36. The number of hydrogen-bond donors (Lipinski definition) is 3. The number of amides is 1. The average Bonchev–Trinajstić information content (AvgIpc) is 2.75. The summed E-state index contributed by atoms with van der Waals surface area (Å²) < 4.78 is 0. The molecule has 6 heteroatoms. The minimum Gasteiger partial charge on any atom is -0.387 e. The number of aliphatic hydroxyl groups excluding tert-OH is 1. The minimum absolute atomic E-state index is 0.0303. The average molecular weight is 289 g/mol. The molecule has 2 atom stereocenters. The third-order valence-corrected chi connectivity index (χ3v) is 3.47. The zero-order valence-corrected chi connectivity index (χ0v) is 11.1. The fourth-order valence-corrected chi connectivity index (χ4v) is 2.33. The third-order valence-electron chi connectivity index (χ3n) is 2.89.